The van der Waals surface area contributed by atoms with Crippen molar-refractivity contribution in [3.05, 3.63) is 99.6 Å². The van der Waals surface area contributed by atoms with E-state index in [1.54, 1.807) is 35.6 Å². The van der Waals surface area contributed by atoms with Gasteiger partial charge < -0.3 is 4.90 Å². The molecule has 4 aromatic rings. The van der Waals surface area contributed by atoms with Crippen molar-refractivity contribution in [1.29, 1.82) is 0 Å². The third kappa shape index (κ3) is 4.91. The van der Waals surface area contributed by atoms with Gasteiger partial charge in [0.15, 0.2) is 0 Å². The average Bonchev–Trinajstić information content (AvgIpc) is 3.46. The van der Waals surface area contributed by atoms with E-state index in [-0.39, 0.29) is 23.6 Å². The molecule has 2 heterocycles. The van der Waals surface area contributed by atoms with Gasteiger partial charge in [0.05, 0.1) is 27.2 Å². The number of aryl methyl sites for hydroxylation is 1. The van der Waals surface area contributed by atoms with Gasteiger partial charge in [0.2, 0.25) is 5.91 Å². The van der Waals surface area contributed by atoms with E-state index in [0.717, 1.165) is 37.3 Å². The number of amides is 3. The second kappa shape index (κ2) is 10.4. The maximum Gasteiger partial charge on any atom is 0.288 e. The van der Waals surface area contributed by atoms with Gasteiger partial charge >= 0.3 is 0 Å². The molecule has 0 spiro atoms. The quantitative estimate of drug-likeness (QED) is 0.122. The van der Waals surface area contributed by atoms with Gasteiger partial charge in [0.25, 0.3) is 17.5 Å². The molecule has 0 bridgehead atoms. The number of nitro groups is 1. The fraction of sp³-hybridized carbons (Fsp3) is 0.143. The van der Waals surface area contributed by atoms with Crippen molar-refractivity contribution in [2.24, 2.45) is 0 Å². The first-order valence-electron chi connectivity index (χ1n) is 11.9. The summed E-state index contributed by atoms with van der Waals surface area (Å²) in [5.74, 6) is -1.68. The molecule has 9 nitrogen and oxygen atoms in total. The van der Waals surface area contributed by atoms with Crippen LogP contribution in [-0.2, 0) is 9.59 Å². The fourth-order valence-electron chi connectivity index (χ4n) is 4.48. The molecule has 196 valence electrons. The SMILES string of the molecule is C=CCN(C(=O)c1ccc(Cl)c([N+](=O)[O-])c1)C1CC(=O)N(c2ccc(-c3nc4ccc(C)cc4s3)cc2)C1=O. The average molecular weight is 561 g/mol. The number of carbonyl (C=O) groups is 3. The number of rotatable bonds is 7. The maximum absolute atomic E-state index is 13.4. The lowest BCUT2D eigenvalue weighted by molar-refractivity contribution is -0.384. The summed E-state index contributed by atoms with van der Waals surface area (Å²) in [6.45, 7) is 5.63. The van der Waals surface area contributed by atoms with E-state index in [2.05, 4.69) is 17.6 Å². The molecule has 0 radical (unpaired) electrons. The number of hydrogen-bond donors (Lipinski definition) is 0. The molecular weight excluding hydrogens is 540 g/mol. The van der Waals surface area contributed by atoms with Crippen LogP contribution in [0.3, 0.4) is 0 Å². The number of nitro benzene ring substituents is 1. The van der Waals surface area contributed by atoms with E-state index >= 15 is 0 Å². The number of carbonyl (C=O) groups excluding carboxylic acids is 3. The summed E-state index contributed by atoms with van der Waals surface area (Å²) in [6.07, 6.45) is 1.20. The predicted octanol–water partition coefficient (Wildman–Crippen LogP) is 5.79. The summed E-state index contributed by atoms with van der Waals surface area (Å²) >= 11 is 7.43. The van der Waals surface area contributed by atoms with Crippen molar-refractivity contribution in [3.8, 4) is 10.6 Å². The first-order valence-corrected chi connectivity index (χ1v) is 13.1. The Morgan fingerprint density at radius 3 is 2.64 bits per heavy atom. The van der Waals surface area contributed by atoms with Gasteiger partial charge in [-0.05, 0) is 61.0 Å². The lowest BCUT2D eigenvalue weighted by Gasteiger charge is -2.26. The van der Waals surface area contributed by atoms with Crippen LogP contribution in [0.15, 0.2) is 73.3 Å². The Balaban J connectivity index is 1.40. The summed E-state index contributed by atoms with van der Waals surface area (Å²) in [6, 6.07) is 15.6. The topological polar surface area (TPSA) is 114 Å². The van der Waals surface area contributed by atoms with Crippen LogP contribution in [0.1, 0.15) is 22.3 Å². The van der Waals surface area contributed by atoms with Crippen LogP contribution in [0.25, 0.3) is 20.8 Å². The molecule has 0 aliphatic carbocycles. The van der Waals surface area contributed by atoms with Crippen molar-refractivity contribution >= 4 is 62.3 Å². The number of thiazole rings is 1. The largest absolute Gasteiger partial charge is 0.322 e. The molecule has 1 unspecified atom stereocenters. The van der Waals surface area contributed by atoms with Gasteiger partial charge in [0, 0.05) is 23.7 Å². The second-order valence-electron chi connectivity index (χ2n) is 8.99. The highest BCUT2D eigenvalue weighted by Gasteiger charge is 2.44. The first-order chi connectivity index (χ1) is 18.7. The van der Waals surface area contributed by atoms with Gasteiger partial charge in [-0.25, -0.2) is 9.88 Å². The highest BCUT2D eigenvalue weighted by atomic mass is 35.5. The van der Waals surface area contributed by atoms with Gasteiger partial charge in [-0.15, -0.1) is 17.9 Å². The van der Waals surface area contributed by atoms with Gasteiger partial charge in [-0.3, -0.25) is 24.5 Å². The van der Waals surface area contributed by atoms with Crippen LogP contribution in [0.2, 0.25) is 5.02 Å². The van der Waals surface area contributed by atoms with Gasteiger partial charge in [-0.2, -0.15) is 0 Å². The van der Waals surface area contributed by atoms with Crippen LogP contribution >= 0.6 is 22.9 Å². The summed E-state index contributed by atoms with van der Waals surface area (Å²) in [4.78, 5) is 57.3. The smallest absolute Gasteiger partial charge is 0.288 e. The summed E-state index contributed by atoms with van der Waals surface area (Å²) in [5, 5.41) is 12.0. The Hall–Kier alpha value is -4.41. The number of anilines is 1. The minimum Gasteiger partial charge on any atom is -0.322 e. The Morgan fingerprint density at radius 2 is 1.95 bits per heavy atom. The monoisotopic (exact) mass is 560 g/mol. The molecule has 0 saturated carbocycles. The third-order valence-electron chi connectivity index (χ3n) is 6.39. The van der Waals surface area contributed by atoms with Crippen LogP contribution in [0.4, 0.5) is 11.4 Å². The van der Waals surface area contributed by atoms with Gasteiger partial charge in [-0.1, -0.05) is 23.7 Å². The summed E-state index contributed by atoms with van der Waals surface area (Å²) in [5.41, 5.74) is 2.81. The molecule has 1 fully saturated rings. The number of nitrogens with zero attached hydrogens (tertiary/aromatic N) is 4. The minimum atomic E-state index is -1.09. The van der Waals surface area contributed by atoms with E-state index in [0.29, 0.717) is 5.69 Å². The van der Waals surface area contributed by atoms with E-state index < -0.39 is 34.4 Å². The number of hydrogen-bond acceptors (Lipinski definition) is 7. The zero-order valence-electron chi connectivity index (χ0n) is 20.7. The number of halogens is 1. The Labute approximate surface area is 232 Å². The molecule has 1 atom stereocenters. The van der Waals surface area contributed by atoms with Crippen molar-refractivity contribution in [3.63, 3.8) is 0 Å². The van der Waals surface area contributed by atoms with Gasteiger partial charge in [0.1, 0.15) is 16.1 Å². The standard InChI is InChI=1S/C28H21ClN4O5S/c1-3-12-31(27(35)18-7-10-20(29)22(14-18)33(37)38)23-15-25(34)32(28(23)36)19-8-5-17(6-9-19)26-30-21-11-4-16(2)13-24(21)39-26/h3-11,13-14,23H,1,12,15H2,2H3. The van der Waals surface area contributed by atoms with E-state index in [9.17, 15) is 24.5 Å². The third-order valence-corrected chi connectivity index (χ3v) is 7.78. The highest BCUT2D eigenvalue weighted by molar-refractivity contribution is 7.21. The predicted molar refractivity (Wildman–Crippen MR) is 150 cm³/mol. The zero-order valence-corrected chi connectivity index (χ0v) is 22.2. The maximum atomic E-state index is 13.4. The lowest BCUT2D eigenvalue weighted by atomic mass is 10.1. The van der Waals surface area contributed by atoms with Crippen molar-refractivity contribution in [2.45, 2.75) is 19.4 Å². The van der Waals surface area contributed by atoms with Crippen molar-refractivity contribution in [2.75, 3.05) is 11.4 Å². The Morgan fingerprint density at radius 1 is 1.21 bits per heavy atom. The normalized spacial score (nSPS) is 15.1. The van der Waals surface area contributed by atoms with Crippen LogP contribution in [0.5, 0.6) is 0 Å². The Bertz CT molecular complexity index is 1670. The van der Waals surface area contributed by atoms with Crippen LogP contribution in [0, 0.1) is 17.0 Å². The number of benzene rings is 3. The molecule has 1 aliphatic rings. The summed E-state index contributed by atoms with van der Waals surface area (Å²) < 4.78 is 1.07. The highest BCUT2D eigenvalue weighted by Crippen LogP contribution is 2.34. The number of aromatic nitrogens is 1. The van der Waals surface area contributed by atoms with Crippen LogP contribution < -0.4 is 4.90 Å². The minimum absolute atomic E-state index is 0.0259. The van der Waals surface area contributed by atoms with E-state index in [1.807, 2.05) is 19.1 Å². The lowest BCUT2D eigenvalue weighted by Crippen LogP contribution is -2.45. The molecule has 11 heteroatoms. The molecule has 39 heavy (non-hydrogen) atoms. The number of fused-ring (bicyclic) bond motifs is 1. The molecule has 1 aromatic heterocycles. The molecule has 5 rings (SSSR count). The molecule has 1 aliphatic heterocycles. The molecule has 0 N–H and O–H groups in total. The van der Waals surface area contributed by atoms with Crippen molar-refractivity contribution in [1.82, 2.24) is 9.88 Å². The Kier molecular flexibility index (Phi) is 6.98. The second-order valence-corrected chi connectivity index (χ2v) is 10.4. The fourth-order valence-corrected chi connectivity index (χ4v) is 5.74. The van der Waals surface area contributed by atoms with E-state index in [1.165, 1.54) is 23.1 Å². The molecule has 1 saturated heterocycles. The first kappa shape index (κ1) is 26.2. The molecule has 3 amide bonds. The van der Waals surface area contributed by atoms with Crippen molar-refractivity contribution < 1.29 is 19.3 Å². The molecular formula is C28H21ClN4O5S. The zero-order chi connectivity index (χ0) is 27.8. The number of imide groups is 1. The molecule has 3 aromatic carbocycles. The summed E-state index contributed by atoms with van der Waals surface area (Å²) in [7, 11) is 0. The van der Waals surface area contributed by atoms with Crippen LogP contribution in [-0.4, -0.2) is 45.1 Å². The van der Waals surface area contributed by atoms with E-state index in [4.69, 9.17) is 11.6 Å².